The molecule has 0 aliphatic rings. The lowest BCUT2D eigenvalue weighted by molar-refractivity contribution is 0.243. The highest BCUT2D eigenvalue weighted by Gasteiger charge is 2.07. The molecule has 2 atom stereocenters. The van der Waals surface area contributed by atoms with E-state index in [0.29, 0.717) is 0 Å². The van der Waals surface area contributed by atoms with Gasteiger partial charge in [-0.3, -0.25) is 0 Å². The van der Waals surface area contributed by atoms with Crippen LogP contribution in [0.3, 0.4) is 0 Å². The third-order valence-electron chi connectivity index (χ3n) is 2.42. The number of rotatable bonds is 5. The number of nitrogens with one attached hydrogen (secondary N) is 1. The average molecular weight is 225 g/mol. The zero-order valence-corrected chi connectivity index (χ0v) is 10.3. The third-order valence-corrected chi connectivity index (χ3v) is 3.17. The first-order valence-corrected chi connectivity index (χ1v) is 6.40. The Morgan fingerprint density at radius 1 is 1.27 bits per heavy atom. The van der Waals surface area contributed by atoms with Crippen molar-refractivity contribution in [3.05, 3.63) is 29.8 Å². The largest absolute Gasteiger partial charge is 0.395 e. The fraction of sp³-hybridized carbons (Fsp3) is 0.500. The molecule has 0 heterocycles. The number of hydrogen-bond acceptors (Lipinski definition) is 3. The molecule has 0 bridgehead atoms. The van der Waals surface area contributed by atoms with Gasteiger partial charge >= 0.3 is 0 Å². The highest BCUT2D eigenvalue weighted by Crippen LogP contribution is 2.19. The second-order valence-corrected chi connectivity index (χ2v) is 4.62. The van der Waals surface area contributed by atoms with Gasteiger partial charge in [0.05, 0.1) is 6.61 Å². The van der Waals surface area contributed by atoms with Gasteiger partial charge in [0, 0.05) is 17.0 Å². The van der Waals surface area contributed by atoms with Crippen LogP contribution in [0.5, 0.6) is 0 Å². The summed E-state index contributed by atoms with van der Waals surface area (Å²) in [5, 5.41) is 12.3. The van der Waals surface area contributed by atoms with Crippen LogP contribution >= 0.6 is 11.8 Å². The number of aliphatic hydroxyl groups excluding tert-OH is 1. The molecule has 0 unspecified atom stereocenters. The lowest BCUT2D eigenvalue weighted by Crippen LogP contribution is -2.31. The highest BCUT2D eigenvalue weighted by atomic mass is 32.2. The van der Waals surface area contributed by atoms with Crippen LogP contribution in [0.2, 0.25) is 0 Å². The first-order chi connectivity index (χ1) is 7.17. The van der Waals surface area contributed by atoms with Crippen molar-refractivity contribution in [2.45, 2.75) is 30.8 Å². The Morgan fingerprint density at radius 3 is 2.33 bits per heavy atom. The van der Waals surface area contributed by atoms with Gasteiger partial charge in [-0.25, -0.2) is 0 Å². The van der Waals surface area contributed by atoms with E-state index in [-0.39, 0.29) is 18.7 Å². The maximum atomic E-state index is 8.95. The van der Waals surface area contributed by atoms with Crippen molar-refractivity contribution >= 4 is 11.8 Å². The molecule has 0 aromatic heterocycles. The van der Waals surface area contributed by atoms with E-state index in [0.717, 1.165) is 0 Å². The van der Waals surface area contributed by atoms with Crippen LogP contribution in [-0.4, -0.2) is 24.0 Å². The molecule has 84 valence electrons. The molecule has 1 aromatic carbocycles. The summed E-state index contributed by atoms with van der Waals surface area (Å²) >= 11 is 1.75. The third kappa shape index (κ3) is 3.86. The van der Waals surface area contributed by atoms with E-state index >= 15 is 0 Å². The summed E-state index contributed by atoms with van der Waals surface area (Å²) in [5.41, 5.74) is 1.26. The van der Waals surface area contributed by atoms with E-state index in [1.165, 1.54) is 10.5 Å². The van der Waals surface area contributed by atoms with Crippen LogP contribution < -0.4 is 5.32 Å². The van der Waals surface area contributed by atoms with E-state index in [2.05, 4.69) is 42.8 Å². The van der Waals surface area contributed by atoms with Crippen LogP contribution in [-0.2, 0) is 0 Å². The first-order valence-electron chi connectivity index (χ1n) is 5.18. The van der Waals surface area contributed by atoms with E-state index in [9.17, 15) is 0 Å². The Labute approximate surface area is 96.1 Å². The summed E-state index contributed by atoms with van der Waals surface area (Å²) in [7, 11) is 0. The van der Waals surface area contributed by atoms with E-state index in [1.807, 2.05) is 6.92 Å². The van der Waals surface area contributed by atoms with Gasteiger partial charge in [0.2, 0.25) is 0 Å². The molecular formula is C12H19NOS. The normalized spacial score (nSPS) is 14.9. The van der Waals surface area contributed by atoms with Crippen molar-refractivity contribution in [1.82, 2.24) is 5.32 Å². The van der Waals surface area contributed by atoms with E-state index in [1.54, 1.807) is 11.8 Å². The van der Waals surface area contributed by atoms with Gasteiger partial charge in [-0.1, -0.05) is 12.1 Å². The average Bonchev–Trinajstić information content (AvgIpc) is 2.29. The highest BCUT2D eigenvalue weighted by molar-refractivity contribution is 7.98. The zero-order chi connectivity index (χ0) is 11.3. The van der Waals surface area contributed by atoms with Gasteiger partial charge in [0.1, 0.15) is 0 Å². The maximum absolute atomic E-state index is 8.95. The number of aliphatic hydroxyl groups is 1. The Morgan fingerprint density at radius 2 is 1.87 bits per heavy atom. The molecule has 0 aliphatic heterocycles. The Hall–Kier alpha value is -0.510. The predicted molar refractivity (Wildman–Crippen MR) is 66.3 cm³/mol. The van der Waals surface area contributed by atoms with Crippen molar-refractivity contribution in [1.29, 1.82) is 0 Å². The monoisotopic (exact) mass is 225 g/mol. The van der Waals surface area contributed by atoms with Gasteiger partial charge < -0.3 is 10.4 Å². The minimum atomic E-state index is 0.139. The van der Waals surface area contributed by atoms with Crippen LogP contribution in [0, 0.1) is 0 Å². The molecule has 2 N–H and O–H groups in total. The smallest absolute Gasteiger partial charge is 0.0582 e. The summed E-state index contributed by atoms with van der Waals surface area (Å²) in [6.07, 6.45) is 2.07. The van der Waals surface area contributed by atoms with Crippen molar-refractivity contribution in [3.8, 4) is 0 Å². The molecular weight excluding hydrogens is 206 g/mol. The molecule has 0 saturated heterocycles. The molecule has 1 aromatic rings. The molecule has 0 amide bonds. The predicted octanol–water partition coefficient (Wildman–Crippen LogP) is 2.44. The second-order valence-electron chi connectivity index (χ2n) is 3.75. The SMILES string of the molecule is CSc1ccc([C@@H](C)N[C@@H](C)CO)cc1. The van der Waals surface area contributed by atoms with Gasteiger partial charge in [0.25, 0.3) is 0 Å². The number of thioether (sulfide) groups is 1. The Bertz CT molecular complexity index is 286. The van der Waals surface area contributed by atoms with Gasteiger partial charge in [-0.05, 0) is 37.8 Å². The molecule has 15 heavy (non-hydrogen) atoms. The van der Waals surface area contributed by atoms with Crippen LogP contribution in [0.4, 0.5) is 0 Å². The molecule has 1 rings (SSSR count). The van der Waals surface area contributed by atoms with Crippen LogP contribution in [0.1, 0.15) is 25.5 Å². The summed E-state index contributed by atoms with van der Waals surface area (Å²) < 4.78 is 0. The van der Waals surface area contributed by atoms with Gasteiger partial charge in [-0.2, -0.15) is 0 Å². The van der Waals surface area contributed by atoms with Crippen molar-refractivity contribution in [2.24, 2.45) is 0 Å². The van der Waals surface area contributed by atoms with Crippen molar-refractivity contribution < 1.29 is 5.11 Å². The summed E-state index contributed by atoms with van der Waals surface area (Å²) in [6, 6.07) is 8.94. The lowest BCUT2D eigenvalue weighted by Gasteiger charge is -2.18. The Kier molecular flexibility index (Phi) is 5.15. The fourth-order valence-corrected chi connectivity index (χ4v) is 1.88. The van der Waals surface area contributed by atoms with Crippen molar-refractivity contribution in [2.75, 3.05) is 12.9 Å². The lowest BCUT2D eigenvalue weighted by atomic mass is 10.1. The van der Waals surface area contributed by atoms with Gasteiger partial charge in [-0.15, -0.1) is 11.8 Å². The topological polar surface area (TPSA) is 32.3 Å². The maximum Gasteiger partial charge on any atom is 0.0582 e. The minimum Gasteiger partial charge on any atom is -0.395 e. The molecule has 0 spiro atoms. The summed E-state index contributed by atoms with van der Waals surface area (Å²) in [6.45, 7) is 4.26. The molecule has 2 nitrogen and oxygen atoms in total. The van der Waals surface area contributed by atoms with Crippen LogP contribution in [0.25, 0.3) is 0 Å². The van der Waals surface area contributed by atoms with E-state index in [4.69, 9.17) is 5.11 Å². The molecule has 3 heteroatoms. The summed E-state index contributed by atoms with van der Waals surface area (Å²) in [5.74, 6) is 0. The summed E-state index contributed by atoms with van der Waals surface area (Å²) in [4.78, 5) is 1.28. The minimum absolute atomic E-state index is 0.139. The second kappa shape index (κ2) is 6.16. The molecule has 0 radical (unpaired) electrons. The first kappa shape index (κ1) is 12.6. The molecule has 0 aliphatic carbocycles. The van der Waals surface area contributed by atoms with Crippen LogP contribution in [0.15, 0.2) is 29.2 Å². The number of benzene rings is 1. The van der Waals surface area contributed by atoms with Gasteiger partial charge in [0.15, 0.2) is 0 Å². The van der Waals surface area contributed by atoms with E-state index < -0.39 is 0 Å². The Balaban J connectivity index is 2.61. The number of hydrogen-bond donors (Lipinski definition) is 2. The van der Waals surface area contributed by atoms with Crippen molar-refractivity contribution in [3.63, 3.8) is 0 Å². The molecule has 0 fully saturated rings. The standard InChI is InChI=1S/C12H19NOS/c1-9(8-14)13-10(2)11-4-6-12(15-3)7-5-11/h4-7,9-10,13-14H,8H2,1-3H3/t9-,10+/m0/s1. The zero-order valence-electron chi connectivity index (χ0n) is 9.53. The quantitative estimate of drug-likeness (QED) is 0.755. The molecule has 0 saturated carbocycles. The fourth-order valence-electron chi connectivity index (χ4n) is 1.47.